The van der Waals surface area contributed by atoms with Crippen LogP contribution in [0.1, 0.15) is 40.5 Å². The van der Waals surface area contributed by atoms with Crippen LogP contribution in [0.2, 0.25) is 5.15 Å². The highest BCUT2D eigenvalue weighted by atomic mass is 35.5. The van der Waals surface area contributed by atoms with Crippen molar-refractivity contribution >= 4 is 53.4 Å². The number of carboxylic acids is 1. The number of amides is 2. The van der Waals surface area contributed by atoms with Crippen LogP contribution in [0.4, 0.5) is 19.0 Å². The number of hydrogen-bond donors (Lipinski definition) is 3. The minimum absolute atomic E-state index is 0.00393. The van der Waals surface area contributed by atoms with Crippen molar-refractivity contribution in [3.63, 3.8) is 0 Å². The molecule has 1 aromatic carbocycles. The van der Waals surface area contributed by atoms with Gasteiger partial charge in [-0.1, -0.05) is 11.6 Å². The molecule has 0 atom stereocenters. The number of carbonyl (C=O) groups is 3. The Labute approximate surface area is 249 Å². The molecule has 4 N–H and O–H groups in total. The van der Waals surface area contributed by atoms with Gasteiger partial charge in [0.2, 0.25) is 0 Å². The lowest BCUT2D eigenvalue weighted by Gasteiger charge is -2.09. The number of aliphatic carboxylic acids is 1. The van der Waals surface area contributed by atoms with Crippen molar-refractivity contribution in [1.29, 1.82) is 0 Å². The van der Waals surface area contributed by atoms with E-state index in [9.17, 15) is 27.3 Å². The largest absolute Gasteiger partial charge is 0.542 e. The van der Waals surface area contributed by atoms with E-state index in [2.05, 4.69) is 25.2 Å². The van der Waals surface area contributed by atoms with Crippen LogP contribution < -0.4 is 26.0 Å². The van der Waals surface area contributed by atoms with E-state index in [-0.39, 0.29) is 42.1 Å². The fraction of sp³-hybridized carbons (Fsp3) is 0.440. The van der Waals surface area contributed by atoms with E-state index < -0.39 is 25.2 Å². The molecule has 0 aliphatic rings. The molecule has 236 valence electrons. The van der Waals surface area contributed by atoms with E-state index in [1.807, 2.05) is 30.5 Å². The SMILES string of the molecule is CCn1c(CNC(=O)c2nc(Cl)cnc2N)[n+](CC)c2ccc(C(=O)NCCOCP(C)(C)=O)cc21.O=C([O-])C(F)(F)F. The minimum Gasteiger partial charge on any atom is -0.542 e. The monoisotopic (exact) mass is 649 g/mol. The maximum atomic E-state index is 12.7. The van der Waals surface area contributed by atoms with Gasteiger partial charge in [0.15, 0.2) is 22.5 Å². The molecule has 0 saturated carbocycles. The molecule has 2 aromatic heterocycles. The lowest BCUT2D eigenvalue weighted by Crippen LogP contribution is -2.40. The van der Waals surface area contributed by atoms with Crippen LogP contribution >= 0.6 is 18.7 Å². The summed E-state index contributed by atoms with van der Waals surface area (Å²) in [5.41, 5.74) is 8.06. The van der Waals surface area contributed by atoms with Crippen molar-refractivity contribution in [2.24, 2.45) is 0 Å². The fourth-order valence-corrected chi connectivity index (χ4v) is 4.54. The maximum Gasteiger partial charge on any atom is 0.430 e. The molecule has 43 heavy (non-hydrogen) atoms. The highest BCUT2D eigenvalue weighted by Crippen LogP contribution is 2.35. The number of nitrogens with one attached hydrogen (secondary N) is 2. The molecule has 3 aromatic rings. The van der Waals surface area contributed by atoms with Crippen LogP contribution in [0.15, 0.2) is 24.4 Å². The number of nitrogens with zero attached hydrogens (tertiary/aromatic N) is 4. The number of aryl methyl sites for hydroxylation is 2. The van der Waals surface area contributed by atoms with Crippen molar-refractivity contribution < 1.29 is 46.5 Å². The van der Waals surface area contributed by atoms with E-state index in [1.54, 1.807) is 19.4 Å². The molecule has 0 bridgehead atoms. The second-order valence-electron chi connectivity index (χ2n) is 9.37. The number of rotatable bonds is 11. The predicted octanol–water partition coefficient (Wildman–Crippen LogP) is 1.55. The number of imidazole rings is 1. The summed E-state index contributed by atoms with van der Waals surface area (Å²) in [6.07, 6.45) is -3.73. The average Bonchev–Trinajstić information content (AvgIpc) is 3.23. The molecule has 2 heterocycles. The van der Waals surface area contributed by atoms with Crippen molar-refractivity contribution in [1.82, 2.24) is 25.2 Å². The van der Waals surface area contributed by atoms with Gasteiger partial charge in [0.05, 0.1) is 32.2 Å². The Bertz CT molecular complexity index is 1530. The first-order valence-electron chi connectivity index (χ1n) is 12.8. The zero-order valence-corrected chi connectivity index (χ0v) is 25.5. The van der Waals surface area contributed by atoms with Crippen LogP contribution in [0.5, 0.6) is 0 Å². The third kappa shape index (κ3) is 10.2. The molecule has 3 rings (SSSR count). The van der Waals surface area contributed by atoms with Gasteiger partial charge in [0.1, 0.15) is 24.8 Å². The summed E-state index contributed by atoms with van der Waals surface area (Å²) in [6.45, 7) is 9.42. The number of fused-ring (bicyclic) bond motifs is 1. The number of alkyl halides is 3. The third-order valence-electron chi connectivity index (χ3n) is 5.63. The predicted molar refractivity (Wildman–Crippen MR) is 150 cm³/mol. The Morgan fingerprint density at radius 3 is 2.40 bits per heavy atom. The number of hydrogen-bond acceptors (Lipinski definition) is 9. The summed E-state index contributed by atoms with van der Waals surface area (Å²) in [6, 6.07) is 5.49. The minimum atomic E-state index is -5.19. The highest BCUT2D eigenvalue weighted by molar-refractivity contribution is 7.62. The molecule has 2 amide bonds. The van der Waals surface area contributed by atoms with Crippen LogP contribution in [0, 0.1) is 0 Å². The zero-order valence-electron chi connectivity index (χ0n) is 23.8. The van der Waals surface area contributed by atoms with Crippen LogP contribution in [-0.4, -0.2) is 71.3 Å². The Kier molecular flexibility index (Phi) is 12.5. The quantitative estimate of drug-likeness (QED) is 0.157. The number of nitrogen functional groups attached to an aromatic ring is 1. The summed E-state index contributed by atoms with van der Waals surface area (Å²) in [5, 5.41) is 14.5. The van der Waals surface area contributed by atoms with E-state index in [0.717, 1.165) is 16.9 Å². The van der Waals surface area contributed by atoms with Gasteiger partial charge < -0.3 is 35.6 Å². The number of carbonyl (C=O) groups excluding carboxylic acids is 3. The number of halogens is 4. The summed E-state index contributed by atoms with van der Waals surface area (Å²) in [5.74, 6) is -2.87. The first kappa shape index (κ1) is 35.4. The Morgan fingerprint density at radius 2 is 1.84 bits per heavy atom. The Morgan fingerprint density at radius 1 is 1.19 bits per heavy atom. The zero-order chi connectivity index (χ0) is 32.5. The van der Waals surface area contributed by atoms with Crippen molar-refractivity contribution in [3.8, 4) is 0 Å². The van der Waals surface area contributed by atoms with Crippen molar-refractivity contribution in [2.45, 2.75) is 39.7 Å². The summed E-state index contributed by atoms with van der Waals surface area (Å²) in [7, 11) is -2.25. The molecular formula is C25H32ClF3N7O6P. The Balaban J connectivity index is 0.000000821. The van der Waals surface area contributed by atoms with Gasteiger partial charge in [0, 0.05) is 18.2 Å². The second kappa shape index (κ2) is 15.1. The standard InChI is InChI=1S/C23H31ClN7O4P.C2HF3O2/c1-5-30-16-8-7-15(22(32)26-9-10-35-14-36(3,4)34)11-17(16)31(6-2)19(30)13-28-23(33)20-21(25)27-12-18(24)29-20;3-2(4,5)1(6)7/h7-8,11-12H,5-6,9-10,13-14H2,1-4H3,(H3-,25,26,27,28,32,33);(H,6,7). The van der Waals surface area contributed by atoms with Gasteiger partial charge in [0.25, 0.3) is 17.6 Å². The normalized spacial score (nSPS) is 11.5. The summed E-state index contributed by atoms with van der Waals surface area (Å²) >= 11 is 5.86. The van der Waals surface area contributed by atoms with Crippen LogP contribution in [-0.2, 0) is 33.7 Å². The average molecular weight is 650 g/mol. The summed E-state index contributed by atoms with van der Waals surface area (Å²) < 4.78 is 52.7. The van der Waals surface area contributed by atoms with Crippen LogP contribution in [0.25, 0.3) is 11.0 Å². The first-order valence-corrected chi connectivity index (χ1v) is 16.0. The molecule has 0 aliphatic carbocycles. The number of aromatic nitrogens is 4. The van der Waals surface area contributed by atoms with Crippen molar-refractivity contribution in [2.75, 3.05) is 38.6 Å². The molecule has 0 unspecified atom stereocenters. The van der Waals surface area contributed by atoms with E-state index in [0.29, 0.717) is 25.2 Å². The maximum absolute atomic E-state index is 12.7. The summed E-state index contributed by atoms with van der Waals surface area (Å²) in [4.78, 5) is 42.1. The van der Waals surface area contributed by atoms with Gasteiger partial charge in [-0.3, -0.25) is 9.59 Å². The van der Waals surface area contributed by atoms with Gasteiger partial charge in [-0.15, -0.1) is 0 Å². The number of benzene rings is 1. The lowest BCUT2D eigenvalue weighted by atomic mass is 10.2. The number of nitrogens with two attached hydrogens (primary N) is 1. The topological polar surface area (TPSA) is 185 Å². The lowest BCUT2D eigenvalue weighted by molar-refractivity contribution is -0.676. The number of carboxylic acid groups (broad SMARTS) is 1. The van der Waals surface area contributed by atoms with Gasteiger partial charge >= 0.3 is 6.18 Å². The van der Waals surface area contributed by atoms with E-state index in [1.165, 1.54) is 6.20 Å². The Hall–Kier alpha value is -3.75. The van der Waals surface area contributed by atoms with Gasteiger partial charge in [-0.25, -0.2) is 19.1 Å². The molecule has 0 fully saturated rings. The smallest absolute Gasteiger partial charge is 0.430 e. The number of ether oxygens (including phenoxy) is 1. The molecular weight excluding hydrogens is 618 g/mol. The van der Waals surface area contributed by atoms with E-state index in [4.69, 9.17) is 32.0 Å². The second-order valence-corrected chi connectivity index (χ2v) is 13.2. The van der Waals surface area contributed by atoms with Crippen molar-refractivity contribution in [3.05, 3.63) is 46.6 Å². The molecule has 0 radical (unpaired) electrons. The molecule has 0 saturated heterocycles. The van der Waals surface area contributed by atoms with Gasteiger partial charge in [-0.05, 0) is 39.3 Å². The van der Waals surface area contributed by atoms with E-state index >= 15 is 0 Å². The van der Waals surface area contributed by atoms with Crippen LogP contribution in [0.3, 0.4) is 0 Å². The molecule has 13 nitrogen and oxygen atoms in total. The fourth-order valence-electron chi connectivity index (χ4n) is 3.84. The first-order chi connectivity index (χ1) is 20.0. The molecule has 0 spiro atoms. The highest BCUT2D eigenvalue weighted by Gasteiger charge is 2.29. The molecule has 18 heteroatoms. The molecule has 0 aliphatic heterocycles. The number of anilines is 1. The van der Waals surface area contributed by atoms with Gasteiger partial charge in [-0.2, -0.15) is 13.2 Å². The third-order valence-corrected chi connectivity index (χ3v) is 6.62.